The molecular formula is C19H15FN6O2S. The van der Waals surface area contributed by atoms with Crippen LogP contribution in [0.4, 0.5) is 10.1 Å². The molecule has 0 saturated carbocycles. The average molecular weight is 410 g/mol. The Morgan fingerprint density at radius 2 is 2.03 bits per heavy atom. The molecule has 1 aromatic carbocycles. The maximum absolute atomic E-state index is 13.7. The van der Waals surface area contributed by atoms with E-state index >= 15 is 0 Å². The molecule has 0 radical (unpaired) electrons. The molecule has 0 spiro atoms. The Kier molecular flexibility index (Phi) is 5.09. The number of carbonyl (C=O) groups excluding carboxylic acids is 1. The van der Waals surface area contributed by atoms with Gasteiger partial charge in [0, 0.05) is 36.8 Å². The lowest BCUT2D eigenvalue weighted by Crippen LogP contribution is -2.13. The highest BCUT2D eigenvalue weighted by Gasteiger charge is 2.14. The van der Waals surface area contributed by atoms with Crippen molar-refractivity contribution in [2.75, 3.05) is 5.32 Å². The van der Waals surface area contributed by atoms with Gasteiger partial charge >= 0.3 is 0 Å². The molecule has 146 valence electrons. The van der Waals surface area contributed by atoms with Gasteiger partial charge in [-0.05, 0) is 30.3 Å². The highest BCUT2D eigenvalue weighted by atomic mass is 32.2. The zero-order valence-corrected chi connectivity index (χ0v) is 16.3. The van der Waals surface area contributed by atoms with Crippen LogP contribution in [0.15, 0.2) is 63.2 Å². The van der Waals surface area contributed by atoms with Crippen LogP contribution in [0.2, 0.25) is 0 Å². The third-order valence-corrected chi connectivity index (χ3v) is 5.04. The fourth-order valence-electron chi connectivity index (χ4n) is 2.54. The number of anilines is 1. The van der Waals surface area contributed by atoms with Gasteiger partial charge < -0.3 is 9.84 Å². The summed E-state index contributed by atoms with van der Waals surface area (Å²) >= 11 is 1.50. The lowest BCUT2D eigenvalue weighted by atomic mass is 10.2. The van der Waals surface area contributed by atoms with Crippen LogP contribution in [0.3, 0.4) is 0 Å². The summed E-state index contributed by atoms with van der Waals surface area (Å²) in [4.78, 5) is 20.9. The second-order valence-corrected chi connectivity index (χ2v) is 7.16. The van der Waals surface area contributed by atoms with Gasteiger partial charge in [0.25, 0.3) is 5.91 Å². The quantitative estimate of drug-likeness (QED) is 0.535. The van der Waals surface area contributed by atoms with E-state index in [0.29, 0.717) is 23.1 Å². The Morgan fingerprint density at radius 1 is 1.24 bits per heavy atom. The van der Waals surface area contributed by atoms with E-state index < -0.39 is 11.7 Å². The van der Waals surface area contributed by atoms with E-state index in [4.69, 9.17) is 4.52 Å². The van der Waals surface area contributed by atoms with Crippen LogP contribution in [0.5, 0.6) is 0 Å². The fraction of sp³-hybridized carbons (Fsp3) is 0.105. The topological polar surface area (TPSA) is 98.7 Å². The second-order valence-electron chi connectivity index (χ2n) is 6.06. The highest BCUT2D eigenvalue weighted by Crippen LogP contribution is 2.30. The summed E-state index contributed by atoms with van der Waals surface area (Å²) in [5.74, 6) is -0.284. The number of aromatic nitrogens is 5. The molecule has 4 aromatic rings. The molecule has 0 aliphatic heterocycles. The summed E-state index contributed by atoms with van der Waals surface area (Å²) in [7, 11) is 1.83. The van der Waals surface area contributed by atoms with Crippen molar-refractivity contribution in [3.63, 3.8) is 0 Å². The molecule has 0 atom stereocenters. The number of pyridine rings is 1. The number of nitrogens with one attached hydrogen (secondary N) is 1. The minimum Gasteiger partial charge on any atom is -0.339 e. The van der Waals surface area contributed by atoms with E-state index in [1.165, 1.54) is 24.0 Å². The van der Waals surface area contributed by atoms with Gasteiger partial charge in [-0.25, -0.2) is 4.39 Å². The highest BCUT2D eigenvalue weighted by molar-refractivity contribution is 7.99. The predicted molar refractivity (Wildman–Crippen MR) is 104 cm³/mol. The number of nitrogens with zero attached hydrogens (tertiary/aromatic N) is 5. The van der Waals surface area contributed by atoms with E-state index in [1.807, 2.05) is 25.2 Å². The van der Waals surface area contributed by atoms with Crippen molar-refractivity contribution >= 4 is 23.4 Å². The molecule has 0 saturated heterocycles. The minimum absolute atomic E-state index is 0.0578. The maximum Gasteiger partial charge on any atom is 0.258 e. The average Bonchev–Trinajstić information content (AvgIpc) is 3.29. The van der Waals surface area contributed by atoms with E-state index in [2.05, 4.69) is 25.5 Å². The molecule has 0 bridgehead atoms. The molecule has 3 heterocycles. The third-order valence-electron chi connectivity index (χ3n) is 3.95. The summed E-state index contributed by atoms with van der Waals surface area (Å²) in [6.45, 7) is 1.72. The van der Waals surface area contributed by atoms with Crippen LogP contribution >= 0.6 is 11.8 Å². The van der Waals surface area contributed by atoms with Gasteiger partial charge in [0.15, 0.2) is 5.82 Å². The first-order chi connectivity index (χ1) is 14.0. The molecule has 3 aromatic heterocycles. The molecule has 10 heteroatoms. The third kappa shape index (κ3) is 4.16. The van der Waals surface area contributed by atoms with Crippen LogP contribution < -0.4 is 5.32 Å². The van der Waals surface area contributed by atoms with Crippen molar-refractivity contribution in [1.82, 2.24) is 24.9 Å². The molecule has 29 heavy (non-hydrogen) atoms. The van der Waals surface area contributed by atoms with Crippen LogP contribution in [0.1, 0.15) is 16.2 Å². The molecule has 1 N–H and O–H groups in total. The molecule has 0 unspecified atom stereocenters. The first-order valence-corrected chi connectivity index (χ1v) is 9.35. The Hall–Kier alpha value is -3.53. The molecule has 8 nitrogen and oxygen atoms in total. The van der Waals surface area contributed by atoms with Gasteiger partial charge in [-0.15, -0.1) is 0 Å². The summed E-state index contributed by atoms with van der Waals surface area (Å²) < 4.78 is 20.4. The van der Waals surface area contributed by atoms with Gasteiger partial charge in [-0.2, -0.15) is 10.1 Å². The van der Waals surface area contributed by atoms with E-state index in [1.54, 1.807) is 23.7 Å². The number of carbonyl (C=O) groups is 1. The van der Waals surface area contributed by atoms with Gasteiger partial charge in [-0.3, -0.25) is 14.5 Å². The Labute approximate surface area is 169 Å². The standard InChI is InChI=1S/C19H15FN6O2S/c1-11-22-18(25-28-11)16-9-17(26(2)24-16)29-13-5-3-12(4-6-13)23-19(27)14-7-8-21-10-15(14)20/h3-10H,1-2H3,(H,23,27). The number of amides is 1. The van der Waals surface area contributed by atoms with Gasteiger partial charge in [0.05, 0.1) is 16.8 Å². The summed E-state index contributed by atoms with van der Waals surface area (Å²) in [5, 5.41) is 11.8. The van der Waals surface area contributed by atoms with Crippen LogP contribution in [0.25, 0.3) is 11.5 Å². The summed E-state index contributed by atoms with van der Waals surface area (Å²) in [6, 6.07) is 10.4. The number of hydrogen-bond acceptors (Lipinski definition) is 7. The van der Waals surface area contributed by atoms with Gasteiger partial charge in [-0.1, -0.05) is 16.9 Å². The second kappa shape index (κ2) is 7.84. The van der Waals surface area contributed by atoms with E-state index in [-0.39, 0.29) is 5.56 Å². The molecule has 4 rings (SSSR count). The Morgan fingerprint density at radius 3 is 2.72 bits per heavy atom. The predicted octanol–water partition coefficient (Wildman–Crippen LogP) is 3.72. The van der Waals surface area contributed by atoms with E-state index in [0.717, 1.165) is 16.1 Å². The van der Waals surface area contributed by atoms with Crippen LogP contribution in [-0.4, -0.2) is 30.8 Å². The van der Waals surface area contributed by atoms with Crippen molar-refractivity contribution in [1.29, 1.82) is 0 Å². The smallest absolute Gasteiger partial charge is 0.258 e. The minimum atomic E-state index is -0.666. The molecule has 0 aliphatic carbocycles. The van der Waals surface area contributed by atoms with Crippen molar-refractivity contribution < 1.29 is 13.7 Å². The number of aryl methyl sites for hydroxylation is 2. The van der Waals surface area contributed by atoms with Gasteiger partial charge in [0.2, 0.25) is 11.7 Å². The number of halogens is 1. The fourth-order valence-corrected chi connectivity index (χ4v) is 3.40. The first-order valence-electron chi connectivity index (χ1n) is 8.53. The Balaban J connectivity index is 1.45. The zero-order valence-electron chi connectivity index (χ0n) is 15.5. The maximum atomic E-state index is 13.7. The Bertz CT molecular complexity index is 1170. The zero-order chi connectivity index (χ0) is 20.4. The normalized spacial score (nSPS) is 10.9. The van der Waals surface area contributed by atoms with Crippen LogP contribution in [-0.2, 0) is 7.05 Å². The molecule has 0 aliphatic rings. The summed E-state index contributed by atoms with van der Waals surface area (Å²) in [5.41, 5.74) is 1.12. The van der Waals surface area contributed by atoms with Crippen molar-refractivity contribution in [3.8, 4) is 11.5 Å². The van der Waals surface area contributed by atoms with Crippen LogP contribution in [0, 0.1) is 12.7 Å². The number of hydrogen-bond donors (Lipinski definition) is 1. The summed E-state index contributed by atoms with van der Waals surface area (Å²) in [6.07, 6.45) is 2.38. The van der Waals surface area contributed by atoms with Crippen molar-refractivity contribution in [3.05, 3.63) is 66.1 Å². The van der Waals surface area contributed by atoms with Crippen molar-refractivity contribution in [2.45, 2.75) is 16.8 Å². The molecular weight excluding hydrogens is 395 g/mol. The number of rotatable bonds is 5. The lowest BCUT2D eigenvalue weighted by Gasteiger charge is -2.07. The molecule has 0 fully saturated rings. The molecule has 1 amide bonds. The lowest BCUT2D eigenvalue weighted by molar-refractivity contribution is 0.102. The number of benzene rings is 1. The van der Waals surface area contributed by atoms with Gasteiger partial charge in [0.1, 0.15) is 5.69 Å². The SMILES string of the molecule is Cc1nc(-c2cc(Sc3ccc(NC(=O)c4ccncc4F)cc3)n(C)n2)no1. The largest absolute Gasteiger partial charge is 0.339 e. The monoisotopic (exact) mass is 410 g/mol. The first kappa shape index (κ1) is 18.8. The van der Waals surface area contributed by atoms with Crippen molar-refractivity contribution in [2.24, 2.45) is 7.05 Å². The van der Waals surface area contributed by atoms with E-state index in [9.17, 15) is 9.18 Å².